The van der Waals surface area contributed by atoms with Gasteiger partial charge < -0.3 is 9.30 Å². The van der Waals surface area contributed by atoms with E-state index in [1.807, 2.05) is 31.4 Å². The maximum atomic E-state index is 13.7. The van der Waals surface area contributed by atoms with E-state index >= 15 is 0 Å². The molecule has 1 aromatic heterocycles. The van der Waals surface area contributed by atoms with Crippen molar-refractivity contribution in [3.63, 3.8) is 0 Å². The minimum atomic E-state index is -0.550. The highest BCUT2D eigenvalue weighted by molar-refractivity contribution is 5.91. The summed E-state index contributed by atoms with van der Waals surface area (Å²) < 4.78 is 20.9. The molecule has 0 fully saturated rings. The third-order valence-electron chi connectivity index (χ3n) is 3.65. The fourth-order valence-corrected chi connectivity index (χ4v) is 2.45. The first-order valence-corrected chi connectivity index (χ1v) is 7.00. The Morgan fingerprint density at radius 1 is 1.36 bits per heavy atom. The van der Waals surface area contributed by atoms with Crippen LogP contribution in [0, 0.1) is 31.0 Å². The zero-order valence-corrected chi connectivity index (χ0v) is 12.8. The Bertz CT molecular complexity index is 757. The van der Waals surface area contributed by atoms with Crippen LogP contribution in [-0.4, -0.2) is 10.5 Å². The lowest BCUT2D eigenvalue weighted by Crippen LogP contribution is -2.08. The predicted molar refractivity (Wildman–Crippen MR) is 79.8 cm³/mol. The molecular formula is C17H17FN2O2. The Kier molecular flexibility index (Phi) is 4.62. The first-order valence-electron chi connectivity index (χ1n) is 7.00. The van der Waals surface area contributed by atoms with Crippen LogP contribution in [0.1, 0.15) is 39.8 Å². The van der Waals surface area contributed by atoms with Crippen LogP contribution in [0.4, 0.5) is 4.39 Å². The molecule has 0 aliphatic carbocycles. The van der Waals surface area contributed by atoms with Crippen LogP contribution in [0.5, 0.6) is 0 Å². The highest BCUT2D eigenvalue weighted by Gasteiger charge is 2.17. The van der Waals surface area contributed by atoms with Gasteiger partial charge in [0.05, 0.1) is 17.2 Å². The number of hydrogen-bond acceptors (Lipinski definition) is 3. The van der Waals surface area contributed by atoms with E-state index in [4.69, 9.17) is 10.00 Å². The molecule has 2 aromatic rings. The lowest BCUT2D eigenvalue weighted by molar-refractivity contribution is 0.0468. The third-order valence-corrected chi connectivity index (χ3v) is 3.65. The summed E-state index contributed by atoms with van der Waals surface area (Å²) >= 11 is 0. The smallest absolute Gasteiger partial charge is 0.340 e. The van der Waals surface area contributed by atoms with E-state index in [2.05, 4.69) is 0 Å². The molecule has 0 atom stereocenters. The molecule has 1 aromatic carbocycles. The molecule has 0 saturated heterocycles. The van der Waals surface area contributed by atoms with Crippen LogP contribution in [0.15, 0.2) is 24.3 Å². The second-order valence-corrected chi connectivity index (χ2v) is 5.02. The molecular weight excluding hydrogens is 283 g/mol. The molecule has 0 amide bonds. The standard InChI is InChI=1S/C17H17FN2O2/c1-4-20-11(2)7-15(12(20)3)17(21)22-10-14-6-5-13(9-19)8-16(14)18/h5-8H,4,10H2,1-3H3. The van der Waals surface area contributed by atoms with Gasteiger partial charge in [-0.15, -0.1) is 0 Å². The van der Waals surface area contributed by atoms with Crippen molar-refractivity contribution in [2.24, 2.45) is 0 Å². The highest BCUT2D eigenvalue weighted by atomic mass is 19.1. The van der Waals surface area contributed by atoms with Crippen molar-refractivity contribution >= 4 is 5.97 Å². The molecule has 5 heteroatoms. The van der Waals surface area contributed by atoms with E-state index in [1.54, 1.807) is 6.07 Å². The van der Waals surface area contributed by atoms with Crippen molar-refractivity contribution in [2.45, 2.75) is 33.9 Å². The van der Waals surface area contributed by atoms with Crippen molar-refractivity contribution < 1.29 is 13.9 Å². The highest BCUT2D eigenvalue weighted by Crippen LogP contribution is 2.17. The molecule has 2 rings (SSSR count). The number of carbonyl (C=O) groups is 1. The summed E-state index contributed by atoms with van der Waals surface area (Å²) in [4.78, 5) is 12.1. The monoisotopic (exact) mass is 300 g/mol. The fraction of sp³-hybridized carbons (Fsp3) is 0.294. The second kappa shape index (κ2) is 6.44. The summed E-state index contributed by atoms with van der Waals surface area (Å²) in [5.41, 5.74) is 2.80. The molecule has 0 unspecified atom stereocenters. The van der Waals surface area contributed by atoms with Crippen LogP contribution in [0.2, 0.25) is 0 Å². The number of nitrogens with zero attached hydrogens (tertiary/aromatic N) is 2. The maximum Gasteiger partial charge on any atom is 0.340 e. The molecule has 0 bridgehead atoms. The van der Waals surface area contributed by atoms with Crippen molar-refractivity contribution in [3.05, 3.63) is 58.2 Å². The number of esters is 1. The van der Waals surface area contributed by atoms with Crippen molar-refractivity contribution in [3.8, 4) is 6.07 Å². The van der Waals surface area contributed by atoms with Crippen LogP contribution < -0.4 is 0 Å². The molecule has 114 valence electrons. The first-order chi connectivity index (χ1) is 10.5. The van der Waals surface area contributed by atoms with E-state index < -0.39 is 11.8 Å². The summed E-state index contributed by atoms with van der Waals surface area (Å²) in [7, 11) is 0. The Labute approximate surface area is 128 Å². The number of halogens is 1. The lowest BCUT2D eigenvalue weighted by Gasteiger charge is -2.07. The Morgan fingerprint density at radius 2 is 2.09 bits per heavy atom. The number of benzene rings is 1. The van der Waals surface area contributed by atoms with Crippen LogP contribution >= 0.6 is 0 Å². The second-order valence-electron chi connectivity index (χ2n) is 5.02. The van der Waals surface area contributed by atoms with E-state index in [-0.39, 0.29) is 17.7 Å². The van der Waals surface area contributed by atoms with Gasteiger partial charge in [-0.2, -0.15) is 5.26 Å². The number of aryl methyl sites for hydroxylation is 1. The molecule has 0 aliphatic rings. The van der Waals surface area contributed by atoms with Crippen LogP contribution in [-0.2, 0) is 17.9 Å². The maximum absolute atomic E-state index is 13.7. The van der Waals surface area contributed by atoms with Gasteiger partial charge in [-0.1, -0.05) is 6.07 Å². The number of aromatic nitrogens is 1. The lowest BCUT2D eigenvalue weighted by atomic mass is 10.1. The van der Waals surface area contributed by atoms with Gasteiger partial charge in [-0.05, 0) is 39.0 Å². The Balaban J connectivity index is 2.12. The van der Waals surface area contributed by atoms with Gasteiger partial charge in [0.2, 0.25) is 0 Å². The SMILES string of the molecule is CCn1c(C)cc(C(=O)OCc2ccc(C#N)cc2F)c1C. The quantitative estimate of drug-likeness (QED) is 0.812. The zero-order valence-electron chi connectivity index (χ0n) is 12.8. The molecule has 1 heterocycles. The average molecular weight is 300 g/mol. The van der Waals surface area contributed by atoms with E-state index in [0.29, 0.717) is 5.56 Å². The molecule has 22 heavy (non-hydrogen) atoms. The van der Waals surface area contributed by atoms with Crippen LogP contribution in [0.25, 0.3) is 0 Å². The number of nitriles is 1. The van der Waals surface area contributed by atoms with Crippen molar-refractivity contribution in [1.29, 1.82) is 5.26 Å². The van der Waals surface area contributed by atoms with Gasteiger partial charge in [0.1, 0.15) is 12.4 Å². The van der Waals surface area contributed by atoms with E-state index in [9.17, 15) is 9.18 Å². The molecule has 0 saturated carbocycles. The van der Waals surface area contributed by atoms with Gasteiger partial charge >= 0.3 is 5.97 Å². The molecule has 0 radical (unpaired) electrons. The predicted octanol–water partition coefficient (Wildman–Crippen LogP) is 3.49. The summed E-state index contributed by atoms with van der Waals surface area (Å²) in [6, 6.07) is 7.71. The van der Waals surface area contributed by atoms with Gasteiger partial charge in [0, 0.05) is 23.5 Å². The van der Waals surface area contributed by atoms with Crippen molar-refractivity contribution in [2.75, 3.05) is 0 Å². The Hall–Kier alpha value is -2.61. The summed E-state index contributed by atoms with van der Waals surface area (Å²) in [5.74, 6) is -1.03. The first kappa shape index (κ1) is 15.8. The normalized spacial score (nSPS) is 10.3. The van der Waals surface area contributed by atoms with Gasteiger partial charge in [-0.25, -0.2) is 9.18 Å². The minimum absolute atomic E-state index is 0.161. The third kappa shape index (κ3) is 3.01. The van der Waals surface area contributed by atoms with E-state index in [1.165, 1.54) is 12.1 Å². The molecule has 0 spiro atoms. The Morgan fingerprint density at radius 3 is 2.64 bits per heavy atom. The largest absolute Gasteiger partial charge is 0.457 e. The number of ether oxygens (including phenoxy) is 1. The summed E-state index contributed by atoms with van der Waals surface area (Å²) in [6.45, 7) is 6.39. The van der Waals surface area contributed by atoms with Gasteiger partial charge in [0.25, 0.3) is 0 Å². The molecule has 0 aliphatic heterocycles. The number of hydrogen-bond donors (Lipinski definition) is 0. The average Bonchev–Trinajstić information content (AvgIpc) is 2.79. The number of rotatable bonds is 4. The zero-order chi connectivity index (χ0) is 16.3. The molecule has 0 N–H and O–H groups in total. The number of carbonyl (C=O) groups excluding carboxylic acids is 1. The van der Waals surface area contributed by atoms with Gasteiger partial charge in [-0.3, -0.25) is 0 Å². The topological polar surface area (TPSA) is 55.0 Å². The summed E-state index contributed by atoms with van der Waals surface area (Å²) in [6.07, 6.45) is 0. The minimum Gasteiger partial charge on any atom is -0.457 e. The fourth-order valence-electron chi connectivity index (χ4n) is 2.45. The van der Waals surface area contributed by atoms with Crippen LogP contribution in [0.3, 0.4) is 0 Å². The van der Waals surface area contributed by atoms with Gasteiger partial charge in [0.15, 0.2) is 0 Å². The molecule has 4 nitrogen and oxygen atoms in total. The van der Waals surface area contributed by atoms with E-state index in [0.717, 1.165) is 24.0 Å². The van der Waals surface area contributed by atoms with Crippen molar-refractivity contribution in [1.82, 2.24) is 4.57 Å². The summed E-state index contributed by atoms with van der Waals surface area (Å²) in [5, 5.41) is 8.70.